The third kappa shape index (κ3) is 5.19. The molecule has 2 rings (SSSR count). The molecule has 5 heteroatoms. The lowest BCUT2D eigenvalue weighted by Gasteiger charge is -2.16. The van der Waals surface area contributed by atoms with E-state index in [2.05, 4.69) is 5.32 Å². The normalized spacial score (nSPS) is 16.6. The Bertz CT molecular complexity index is 565. The van der Waals surface area contributed by atoms with Crippen LogP contribution in [0.25, 0.3) is 6.08 Å². The molecule has 0 aliphatic heterocycles. The van der Waals surface area contributed by atoms with E-state index in [0.29, 0.717) is 5.02 Å². The van der Waals surface area contributed by atoms with Crippen molar-refractivity contribution in [2.75, 3.05) is 0 Å². The molecule has 0 radical (unpaired) electrons. The van der Waals surface area contributed by atoms with E-state index in [0.717, 1.165) is 31.2 Å². The van der Waals surface area contributed by atoms with Crippen LogP contribution in [0.15, 0.2) is 30.3 Å². The fourth-order valence-corrected chi connectivity index (χ4v) is 2.63. The third-order valence-corrected chi connectivity index (χ3v) is 3.86. The van der Waals surface area contributed by atoms with Gasteiger partial charge in [-0.25, -0.2) is 4.79 Å². The SMILES string of the molecule is C[C@@H](OC(=O)/C=C/c1cccc(Cl)c1)C(=O)NC1CCCC1. The van der Waals surface area contributed by atoms with E-state index >= 15 is 0 Å². The summed E-state index contributed by atoms with van der Waals surface area (Å²) in [5, 5.41) is 3.50. The van der Waals surface area contributed by atoms with Gasteiger partial charge >= 0.3 is 5.97 Å². The molecular formula is C17H20ClNO3. The first-order valence-corrected chi connectivity index (χ1v) is 7.87. The molecule has 4 nitrogen and oxygen atoms in total. The molecular weight excluding hydrogens is 302 g/mol. The van der Waals surface area contributed by atoms with Crippen LogP contribution in [0, 0.1) is 0 Å². The van der Waals surface area contributed by atoms with Gasteiger partial charge in [-0.15, -0.1) is 0 Å². The van der Waals surface area contributed by atoms with Gasteiger partial charge in [0.15, 0.2) is 6.10 Å². The van der Waals surface area contributed by atoms with Crippen LogP contribution in [0.4, 0.5) is 0 Å². The largest absolute Gasteiger partial charge is 0.449 e. The van der Waals surface area contributed by atoms with E-state index in [4.69, 9.17) is 16.3 Å². The van der Waals surface area contributed by atoms with Crippen molar-refractivity contribution >= 4 is 29.6 Å². The van der Waals surface area contributed by atoms with Gasteiger partial charge in [0.2, 0.25) is 0 Å². The van der Waals surface area contributed by atoms with Crippen LogP contribution < -0.4 is 5.32 Å². The van der Waals surface area contributed by atoms with Gasteiger partial charge in [-0.1, -0.05) is 36.6 Å². The molecule has 118 valence electrons. The quantitative estimate of drug-likeness (QED) is 0.668. The number of amides is 1. The Morgan fingerprint density at radius 1 is 1.36 bits per heavy atom. The van der Waals surface area contributed by atoms with Crippen LogP contribution in [0.5, 0.6) is 0 Å². The fourth-order valence-electron chi connectivity index (χ4n) is 2.43. The molecule has 1 saturated carbocycles. The predicted octanol–water partition coefficient (Wildman–Crippen LogP) is 3.34. The van der Waals surface area contributed by atoms with Crippen molar-refractivity contribution in [1.82, 2.24) is 5.32 Å². The number of nitrogens with one attached hydrogen (secondary N) is 1. The van der Waals surface area contributed by atoms with E-state index in [1.807, 2.05) is 6.07 Å². The number of hydrogen-bond donors (Lipinski definition) is 1. The first kappa shape index (κ1) is 16.6. The summed E-state index contributed by atoms with van der Waals surface area (Å²) in [4.78, 5) is 23.7. The maximum atomic E-state index is 11.9. The summed E-state index contributed by atoms with van der Waals surface area (Å²) in [7, 11) is 0. The Balaban J connectivity index is 1.81. The number of esters is 1. The minimum absolute atomic E-state index is 0.218. The van der Waals surface area contributed by atoms with Gasteiger partial charge in [0.25, 0.3) is 5.91 Å². The Morgan fingerprint density at radius 2 is 2.09 bits per heavy atom. The monoisotopic (exact) mass is 321 g/mol. The van der Waals surface area contributed by atoms with Crippen LogP contribution in [0.3, 0.4) is 0 Å². The van der Waals surface area contributed by atoms with Gasteiger partial charge < -0.3 is 10.1 Å². The molecule has 0 spiro atoms. The Morgan fingerprint density at radius 3 is 2.77 bits per heavy atom. The first-order valence-electron chi connectivity index (χ1n) is 7.49. The molecule has 0 bridgehead atoms. The summed E-state index contributed by atoms with van der Waals surface area (Å²) in [6.45, 7) is 1.58. The zero-order valence-electron chi connectivity index (χ0n) is 12.5. The lowest BCUT2D eigenvalue weighted by atomic mass is 10.2. The Labute approximate surface area is 135 Å². The Kier molecular flexibility index (Phi) is 6.01. The molecule has 1 aromatic carbocycles. The number of benzene rings is 1. The van der Waals surface area contributed by atoms with Gasteiger partial charge in [-0.2, -0.15) is 0 Å². The van der Waals surface area contributed by atoms with Gasteiger partial charge in [-0.3, -0.25) is 4.79 Å². The molecule has 22 heavy (non-hydrogen) atoms. The molecule has 1 aliphatic rings. The van der Waals surface area contributed by atoms with E-state index < -0.39 is 12.1 Å². The predicted molar refractivity (Wildman–Crippen MR) is 86.4 cm³/mol. The maximum Gasteiger partial charge on any atom is 0.331 e. The second-order valence-electron chi connectivity index (χ2n) is 5.46. The standard InChI is InChI=1S/C17H20ClNO3/c1-12(17(21)19-15-7-2-3-8-15)22-16(20)10-9-13-5-4-6-14(18)11-13/h4-6,9-12,15H,2-3,7-8H2,1H3,(H,19,21)/b10-9+/t12-/m1/s1. The van der Waals surface area contributed by atoms with E-state index in [1.54, 1.807) is 31.2 Å². The fraction of sp³-hybridized carbons (Fsp3) is 0.412. The van der Waals surface area contributed by atoms with Crippen LogP contribution >= 0.6 is 11.6 Å². The number of carbonyl (C=O) groups excluding carboxylic acids is 2. The molecule has 0 heterocycles. The number of rotatable bonds is 5. The zero-order valence-corrected chi connectivity index (χ0v) is 13.3. The van der Waals surface area contributed by atoms with Crippen LogP contribution in [-0.4, -0.2) is 24.0 Å². The van der Waals surface area contributed by atoms with Crippen LogP contribution in [0.2, 0.25) is 5.02 Å². The van der Waals surface area contributed by atoms with E-state index in [9.17, 15) is 9.59 Å². The van der Waals surface area contributed by atoms with Crippen molar-refractivity contribution in [2.24, 2.45) is 0 Å². The lowest BCUT2D eigenvalue weighted by molar-refractivity contribution is -0.150. The average Bonchev–Trinajstić information content (AvgIpc) is 2.98. The minimum Gasteiger partial charge on any atom is -0.449 e. The van der Waals surface area contributed by atoms with Crippen molar-refractivity contribution in [3.8, 4) is 0 Å². The van der Waals surface area contributed by atoms with Crippen molar-refractivity contribution in [1.29, 1.82) is 0 Å². The smallest absolute Gasteiger partial charge is 0.331 e. The van der Waals surface area contributed by atoms with Crippen molar-refractivity contribution < 1.29 is 14.3 Å². The average molecular weight is 322 g/mol. The van der Waals surface area contributed by atoms with E-state index in [1.165, 1.54) is 6.08 Å². The Hall–Kier alpha value is -1.81. The molecule has 1 atom stereocenters. The number of hydrogen-bond acceptors (Lipinski definition) is 3. The molecule has 1 aliphatic carbocycles. The molecule has 1 amide bonds. The maximum absolute atomic E-state index is 11.9. The van der Waals surface area contributed by atoms with Crippen molar-refractivity contribution in [3.63, 3.8) is 0 Å². The van der Waals surface area contributed by atoms with Gasteiger partial charge in [0.05, 0.1) is 0 Å². The van der Waals surface area contributed by atoms with Gasteiger partial charge in [0, 0.05) is 17.1 Å². The summed E-state index contributed by atoms with van der Waals surface area (Å²) in [6, 6.07) is 7.33. The van der Waals surface area contributed by atoms with Crippen LogP contribution in [-0.2, 0) is 14.3 Å². The van der Waals surface area contributed by atoms with Crippen molar-refractivity contribution in [2.45, 2.75) is 44.8 Å². The summed E-state index contributed by atoms with van der Waals surface area (Å²) >= 11 is 5.86. The molecule has 1 aromatic rings. The summed E-state index contributed by atoms with van der Waals surface area (Å²) in [5.41, 5.74) is 0.799. The first-order chi connectivity index (χ1) is 10.5. The minimum atomic E-state index is -0.794. The molecule has 0 saturated heterocycles. The second-order valence-corrected chi connectivity index (χ2v) is 5.89. The number of halogens is 1. The molecule has 0 unspecified atom stereocenters. The van der Waals surface area contributed by atoms with E-state index in [-0.39, 0.29) is 11.9 Å². The van der Waals surface area contributed by atoms with Gasteiger partial charge in [-0.05, 0) is 43.5 Å². The highest BCUT2D eigenvalue weighted by Crippen LogP contribution is 2.17. The summed E-state index contributed by atoms with van der Waals surface area (Å²) in [6.07, 6.45) is 6.39. The highest BCUT2D eigenvalue weighted by atomic mass is 35.5. The highest BCUT2D eigenvalue weighted by Gasteiger charge is 2.22. The number of ether oxygens (including phenoxy) is 1. The van der Waals surface area contributed by atoms with Gasteiger partial charge in [0.1, 0.15) is 0 Å². The summed E-state index contributed by atoms with van der Waals surface area (Å²) in [5.74, 6) is -0.787. The topological polar surface area (TPSA) is 55.4 Å². The lowest BCUT2D eigenvalue weighted by Crippen LogP contribution is -2.40. The molecule has 1 N–H and O–H groups in total. The molecule has 1 fully saturated rings. The second kappa shape index (κ2) is 7.99. The molecule has 0 aromatic heterocycles. The van der Waals surface area contributed by atoms with Crippen LogP contribution in [0.1, 0.15) is 38.2 Å². The third-order valence-electron chi connectivity index (χ3n) is 3.62. The zero-order chi connectivity index (χ0) is 15.9. The summed E-state index contributed by atoms with van der Waals surface area (Å²) < 4.78 is 5.10. The number of carbonyl (C=O) groups is 2. The van der Waals surface area contributed by atoms with Crippen molar-refractivity contribution in [3.05, 3.63) is 40.9 Å². The highest BCUT2D eigenvalue weighted by molar-refractivity contribution is 6.30.